The van der Waals surface area contributed by atoms with Crippen LogP contribution in [0, 0.1) is 37.4 Å². The molecule has 0 aliphatic rings. The van der Waals surface area contributed by atoms with Crippen LogP contribution in [0.15, 0.2) is 0 Å². The number of thioether (sulfide) groups is 3. The van der Waals surface area contributed by atoms with Crippen molar-refractivity contribution >= 4 is 35.3 Å². The Morgan fingerprint density at radius 3 is 1.40 bits per heavy atom. The van der Waals surface area contributed by atoms with Crippen molar-refractivity contribution in [3.05, 3.63) is 0 Å². The van der Waals surface area contributed by atoms with E-state index in [-0.39, 0.29) is 5.41 Å². The fraction of sp³-hybridized carbons (Fsp3) is 0.667. The lowest BCUT2D eigenvalue weighted by Gasteiger charge is -2.28. The first-order valence-electron chi connectivity index (χ1n) is 4.27. The Balaban J connectivity index is 4.40. The van der Waals surface area contributed by atoms with Gasteiger partial charge in [0.2, 0.25) is 0 Å². The van der Waals surface area contributed by atoms with Gasteiger partial charge in [0.15, 0.2) is 0 Å². The lowest BCUT2D eigenvalue weighted by atomic mass is 9.92. The summed E-state index contributed by atoms with van der Waals surface area (Å²) >= 11 is 3.60. The van der Waals surface area contributed by atoms with Crippen molar-refractivity contribution in [1.29, 1.82) is 15.8 Å². The first-order valence-corrected chi connectivity index (χ1v) is 7.23. The minimum Gasteiger partial charge on any atom is -0.185 e. The van der Waals surface area contributed by atoms with Crippen LogP contribution in [0.4, 0.5) is 0 Å². The molecule has 0 radical (unpaired) electrons. The van der Waals surface area contributed by atoms with Crippen molar-refractivity contribution < 1.29 is 0 Å². The maximum absolute atomic E-state index is 8.55. The topological polar surface area (TPSA) is 71.4 Å². The SMILES string of the molecule is CCC(CSC#N)(CSC#N)CSC#N. The number of thiocyanates is 3. The summed E-state index contributed by atoms with van der Waals surface area (Å²) in [7, 11) is 0. The molecule has 0 saturated heterocycles. The summed E-state index contributed by atoms with van der Waals surface area (Å²) in [5.41, 5.74) is -0.0822. The molecule has 0 aliphatic carbocycles. The highest BCUT2D eigenvalue weighted by atomic mass is 32.2. The van der Waals surface area contributed by atoms with E-state index in [1.54, 1.807) is 0 Å². The maximum atomic E-state index is 8.55. The monoisotopic (exact) mass is 257 g/mol. The Hall–Kier alpha value is -0.480. The number of hydrogen-bond acceptors (Lipinski definition) is 6. The molecule has 0 aromatic carbocycles. The zero-order valence-corrected chi connectivity index (χ0v) is 10.8. The van der Waals surface area contributed by atoms with E-state index in [2.05, 4.69) is 0 Å². The van der Waals surface area contributed by atoms with Crippen LogP contribution in [-0.4, -0.2) is 17.3 Å². The normalized spacial score (nSPS) is 10.0. The number of nitriles is 3. The van der Waals surface area contributed by atoms with Crippen LogP contribution in [0.3, 0.4) is 0 Å². The molecule has 6 heteroatoms. The second-order valence-corrected chi connectivity index (χ2v) is 5.27. The van der Waals surface area contributed by atoms with Gasteiger partial charge in [0, 0.05) is 22.7 Å². The van der Waals surface area contributed by atoms with E-state index in [0.717, 1.165) is 6.42 Å². The molecule has 0 spiro atoms. The molecule has 0 bridgehead atoms. The third-order valence-electron chi connectivity index (χ3n) is 2.08. The second kappa shape index (κ2) is 8.80. The largest absolute Gasteiger partial charge is 0.185 e. The van der Waals surface area contributed by atoms with E-state index in [4.69, 9.17) is 15.8 Å². The van der Waals surface area contributed by atoms with Gasteiger partial charge in [-0.05, 0) is 41.7 Å². The molecule has 0 atom stereocenters. The molecule has 0 aliphatic heterocycles. The molecule has 0 heterocycles. The minimum atomic E-state index is -0.0822. The van der Waals surface area contributed by atoms with Gasteiger partial charge in [0.1, 0.15) is 16.2 Å². The van der Waals surface area contributed by atoms with Crippen molar-refractivity contribution in [1.82, 2.24) is 0 Å². The summed E-state index contributed by atoms with van der Waals surface area (Å²) < 4.78 is 0. The summed E-state index contributed by atoms with van der Waals surface area (Å²) in [4.78, 5) is 0. The molecule has 0 amide bonds. The van der Waals surface area contributed by atoms with Crippen LogP contribution in [0.5, 0.6) is 0 Å². The summed E-state index contributed by atoms with van der Waals surface area (Å²) in [5, 5.41) is 31.8. The van der Waals surface area contributed by atoms with Crippen molar-refractivity contribution in [2.24, 2.45) is 5.41 Å². The quantitative estimate of drug-likeness (QED) is 0.653. The maximum Gasteiger partial charge on any atom is 0.133 e. The molecule has 0 saturated carbocycles. The van der Waals surface area contributed by atoms with Crippen molar-refractivity contribution in [3.8, 4) is 16.2 Å². The smallest absolute Gasteiger partial charge is 0.133 e. The predicted molar refractivity (Wildman–Crippen MR) is 66.9 cm³/mol. The first kappa shape index (κ1) is 14.5. The lowest BCUT2D eigenvalue weighted by Crippen LogP contribution is -2.28. The highest BCUT2D eigenvalue weighted by Gasteiger charge is 2.28. The summed E-state index contributed by atoms with van der Waals surface area (Å²) in [6.45, 7) is 2.04. The molecule has 0 fully saturated rings. The Morgan fingerprint density at radius 1 is 0.867 bits per heavy atom. The molecule has 0 aromatic rings. The van der Waals surface area contributed by atoms with E-state index in [9.17, 15) is 0 Å². The van der Waals surface area contributed by atoms with Gasteiger partial charge in [-0.15, -0.1) is 0 Å². The molecular weight excluding hydrogens is 246 g/mol. The van der Waals surface area contributed by atoms with Gasteiger partial charge in [-0.3, -0.25) is 0 Å². The number of rotatable bonds is 7. The van der Waals surface area contributed by atoms with E-state index in [1.165, 1.54) is 35.3 Å². The van der Waals surface area contributed by atoms with Gasteiger partial charge < -0.3 is 0 Å². The van der Waals surface area contributed by atoms with E-state index >= 15 is 0 Å². The average molecular weight is 257 g/mol. The zero-order chi connectivity index (χ0) is 11.6. The molecule has 3 nitrogen and oxygen atoms in total. The molecular formula is C9H11N3S3. The summed E-state index contributed by atoms with van der Waals surface area (Å²) in [6, 6.07) is 0. The highest BCUT2D eigenvalue weighted by Crippen LogP contribution is 2.34. The Kier molecular flexibility index (Phi) is 8.52. The van der Waals surface area contributed by atoms with Crippen LogP contribution < -0.4 is 0 Å². The molecule has 0 rings (SSSR count). The zero-order valence-electron chi connectivity index (χ0n) is 8.39. The summed E-state index contributed by atoms with van der Waals surface area (Å²) in [6.07, 6.45) is 0.880. The highest BCUT2D eigenvalue weighted by molar-refractivity contribution is 8.05. The standard InChI is InChI=1S/C9H11N3S3/c1-2-9(3-13-6-10,4-14-7-11)5-15-8-12/h2-5H2,1H3. The van der Waals surface area contributed by atoms with E-state index in [1.807, 2.05) is 23.1 Å². The molecule has 0 N–H and O–H groups in total. The van der Waals surface area contributed by atoms with Gasteiger partial charge in [0.05, 0.1) is 0 Å². The van der Waals surface area contributed by atoms with E-state index < -0.39 is 0 Å². The Labute approximate surface area is 103 Å². The van der Waals surface area contributed by atoms with Crippen molar-refractivity contribution in [2.45, 2.75) is 13.3 Å². The Bertz CT molecular complexity index is 252. The van der Waals surface area contributed by atoms with Gasteiger partial charge in [-0.2, -0.15) is 15.8 Å². The molecule has 15 heavy (non-hydrogen) atoms. The number of nitrogens with zero attached hydrogens (tertiary/aromatic N) is 3. The van der Waals surface area contributed by atoms with Gasteiger partial charge in [-0.25, -0.2) is 0 Å². The van der Waals surface area contributed by atoms with Crippen LogP contribution in [0.25, 0.3) is 0 Å². The molecule has 80 valence electrons. The third kappa shape index (κ3) is 5.85. The van der Waals surface area contributed by atoms with E-state index in [0.29, 0.717) is 17.3 Å². The fourth-order valence-corrected chi connectivity index (χ4v) is 3.71. The molecule has 0 aromatic heterocycles. The van der Waals surface area contributed by atoms with Crippen LogP contribution in [0.2, 0.25) is 0 Å². The lowest BCUT2D eigenvalue weighted by molar-refractivity contribution is 0.430. The van der Waals surface area contributed by atoms with Crippen molar-refractivity contribution in [3.63, 3.8) is 0 Å². The van der Waals surface area contributed by atoms with Gasteiger partial charge in [0.25, 0.3) is 0 Å². The second-order valence-electron chi connectivity index (χ2n) is 2.99. The number of hydrogen-bond donors (Lipinski definition) is 0. The van der Waals surface area contributed by atoms with Crippen molar-refractivity contribution in [2.75, 3.05) is 17.3 Å². The Morgan fingerprint density at radius 2 is 1.20 bits per heavy atom. The molecule has 0 unspecified atom stereocenters. The van der Waals surface area contributed by atoms with Gasteiger partial charge in [-0.1, -0.05) is 6.92 Å². The predicted octanol–water partition coefficient (Wildman–Crippen LogP) is 3.03. The first-order chi connectivity index (χ1) is 7.24. The third-order valence-corrected chi connectivity index (χ3v) is 4.74. The fourth-order valence-electron chi connectivity index (χ4n) is 0.987. The average Bonchev–Trinajstić information content (AvgIpc) is 2.29. The van der Waals surface area contributed by atoms with Gasteiger partial charge >= 0.3 is 0 Å². The summed E-state index contributed by atoms with van der Waals surface area (Å²) in [5.74, 6) is 2.05. The van der Waals surface area contributed by atoms with Crippen LogP contribution >= 0.6 is 35.3 Å². The van der Waals surface area contributed by atoms with Crippen LogP contribution in [0.1, 0.15) is 13.3 Å². The van der Waals surface area contributed by atoms with Crippen LogP contribution in [-0.2, 0) is 0 Å². The minimum absolute atomic E-state index is 0.0822.